The quantitative estimate of drug-likeness (QED) is 0.752. The van der Waals surface area contributed by atoms with Crippen LogP contribution in [0.25, 0.3) is 0 Å². The van der Waals surface area contributed by atoms with Crippen LogP contribution < -0.4 is 5.73 Å². The van der Waals surface area contributed by atoms with Gasteiger partial charge in [-0.1, -0.05) is 24.6 Å². The lowest BCUT2D eigenvalue weighted by Crippen LogP contribution is -2.41. The van der Waals surface area contributed by atoms with Gasteiger partial charge in [0.25, 0.3) is 0 Å². The van der Waals surface area contributed by atoms with E-state index in [1.54, 1.807) is 18.3 Å². The van der Waals surface area contributed by atoms with Crippen molar-refractivity contribution in [3.05, 3.63) is 65.7 Å². The second kappa shape index (κ2) is 12.0. The van der Waals surface area contributed by atoms with Crippen LogP contribution in [0.1, 0.15) is 36.9 Å². The van der Waals surface area contributed by atoms with E-state index in [-0.39, 0.29) is 48.5 Å². The molecule has 1 aromatic heterocycles. The molecule has 2 aromatic rings. The Hall–Kier alpha value is -1.69. The number of pyridine rings is 1. The van der Waals surface area contributed by atoms with Crippen molar-refractivity contribution in [2.24, 2.45) is 11.7 Å². The van der Waals surface area contributed by atoms with Crippen LogP contribution in [0.15, 0.2) is 48.7 Å². The fourth-order valence-corrected chi connectivity index (χ4v) is 3.58. The van der Waals surface area contributed by atoms with Crippen molar-refractivity contribution in [2.45, 2.75) is 44.7 Å². The molecule has 0 aliphatic heterocycles. The van der Waals surface area contributed by atoms with E-state index in [2.05, 4.69) is 4.98 Å². The Bertz CT molecular complexity index is 715. The predicted octanol–water partition coefficient (Wildman–Crippen LogP) is 4.15. The molecule has 0 radical (unpaired) electrons. The Morgan fingerprint density at radius 1 is 1.14 bits per heavy atom. The summed E-state index contributed by atoms with van der Waals surface area (Å²) in [5, 5.41) is 0. The first-order valence-electron chi connectivity index (χ1n) is 9.30. The molecule has 1 aliphatic carbocycles. The van der Waals surface area contributed by atoms with Crippen molar-refractivity contribution in [1.29, 1.82) is 0 Å². The predicted molar refractivity (Wildman–Crippen MR) is 114 cm³/mol. The smallest absolute Gasteiger partial charge is 0.226 e. The average molecular weight is 428 g/mol. The maximum Gasteiger partial charge on any atom is 0.226 e. The monoisotopic (exact) mass is 427 g/mol. The number of amides is 1. The minimum Gasteiger partial charge on any atom is -0.338 e. The summed E-state index contributed by atoms with van der Waals surface area (Å²) in [4.78, 5) is 19.3. The molecule has 1 aromatic carbocycles. The molecular weight excluding hydrogens is 400 g/mol. The van der Waals surface area contributed by atoms with E-state index in [0.717, 1.165) is 36.9 Å². The van der Waals surface area contributed by atoms with Gasteiger partial charge in [-0.15, -0.1) is 24.8 Å². The van der Waals surface area contributed by atoms with E-state index in [9.17, 15) is 9.18 Å². The van der Waals surface area contributed by atoms with Crippen LogP contribution in [0.2, 0.25) is 0 Å². The Balaban J connectivity index is 0.00000196. The Morgan fingerprint density at radius 2 is 1.89 bits per heavy atom. The fourth-order valence-electron chi connectivity index (χ4n) is 3.58. The van der Waals surface area contributed by atoms with Crippen LogP contribution in [-0.2, 0) is 17.8 Å². The van der Waals surface area contributed by atoms with Gasteiger partial charge >= 0.3 is 0 Å². The van der Waals surface area contributed by atoms with Crippen LogP contribution in [-0.4, -0.2) is 28.4 Å². The molecule has 2 atom stereocenters. The standard InChI is InChI=1S/C21H26FN3O.2ClH/c22-18-9-7-16(8-10-18)15-25(13-11-20-6-1-2-12-24-20)21(26)17-4-3-5-19(23)14-17;;/h1-2,6-10,12,17,19H,3-5,11,13-15,23H2;2*1H. The van der Waals surface area contributed by atoms with Crippen molar-refractivity contribution in [3.63, 3.8) is 0 Å². The number of nitrogens with two attached hydrogens (primary N) is 1. The summed E-state index contributed by atoms with van der Waals surface area (Å²) in [6.45, 7) is 1.08. The molecule has 1 saturated carbocycles. The lowest BCUT2D eigenvalue weighted by Gasteiger charge is -2.31. The highest BCUT2D eigenvalue weighted by atomic mass is 35.5. The van der Waals surface area contributed by atoms with Crippen molar-refractivity contribution < 1.29 is 9.18 Å². The summed E-state index contributed by atoms with van der Waals surface area (Å²) in [6, 6.07) is 12.3. The first kappa shape index (κ1) is 24.3. The van der Waals surface area contributed by atoms with E-state index in [1.807, 2.05) is 23.1 Å². The molecule has 28 heavy (non-hydrogen) atoms. The average Bonchev–Trinajstić information content (AvgIpc) is 2.67. The first-order chi connectivity index (χ1) is 12.6. The van der Waals surface area contributed by atoms with Crippen LogP contribution in [0.3, 0.4) is 0 Å². The lowest BCUT2D eigenvalue weighted by molar-refractivity contribution is -0.137. The molecule has 154 valence electrons. The Morgan fingerprint density at radius 3 is 2.54 bits per heavy atom. The third kappa shape index (κ3) is 7.04. The van der Waals surface area contributed by atoms with Gasteiger partial charge in [0.2, 0.25) is 5.91 Å². The van der Waals surface area contributed by atoms with E-state index in [0.29, 0.717) is 19.5 Å². The SMILES string of the molecule is Cl.Cl.NC1CCCC(C(=O)N(CCc2ccccn2)Cc2ccc(F)cc2)C1. The summed E-state index contributed by atoms with van der Waals surface area (Å²) < 4.78 is 13.2. The maximum absolute atomic E-state index is 13.2. The van der Waals surface area contributed by atoms with Gasteiger partial charge < -0.3 is 10.6 Å². The maximum atomic E-state index is 13.2. The molecule has 2 unspecified atom stereocenters. The van der Waals surface area contributed by atoms with Crippen molar-refractivity contribution in [1.82, 2.24) is 9.88 Å². The highest BCUT2D eigenvalue weighted by molar-refractivity contribution is 5.85. The molecule has 0 spiro atoms. The van der Waals surface area contributed by atoms with E-state index < -0.39 is 0 Å². The zero-order valence-electron chi connectivity index (χ0n) is 15.8. The number of halogens is 3. The van der Waals surface area contributed by atoms with E-state index in [4.69, 9.17) is 5.73 Å². The fraction of sp³-hybridized carbons (Fsp3) is 0.429. The topological polar surface area (TPSA) is 59.2 Å². The largest absolute Gasteiger partial charge is 0.338 e. The number of hydrogen-bond acceptors (Lipinski definition) is 3. The molecule has 3 rings (SSSR count). The molecule has 7 heteroatoms. The molecule has 1 fully saturated rings. The van der Waals surface area contributed by atoms with Gasteiger partial charge in [-0.3, -0.25) is 9.78 Å². The number of rotatable bonds is 6. The zero-order valence-corrected chi connectivity index (χ0v) is 17.4. The first-order valence-corrected chi connectivity index (χ1v) is 9.30. The number of hydrogen-bond donors (Lipinski definition) is 1. The van der Waals surface area contributed by atoms with Crippen LogP contribution in [0, 0.1) is 11.7 Å². The number of benzene rings is 1. The highest BCUT2D eigenvalue weighted by Crippen LogP contribution is 2.25. The van der Waals surface area contributed by atoms with Crippen molar-refractivity contribution >= 4 is 30.7 Å². The van der Waals surface area contributed by atoms with Crippen molar-refractivity contribution in [3.8, 4) is 0 Å². The van der Waals surface area contributed by atoms with Gasteiger partial charge in [0, 0.05) is 43.4 Å². The summed E-state index contributed by atoms with van der Waals surface area (Å²) in [7, 11) is 0. The molecular formula is C21H28Cl2FN3O. The third-order valence-corrected chi connectivity index (χ3v) is 5.03. The lowest BCUT2D eigenvalue weighted by atomic mass is 9.85. The zero-order chi connectivity index (χ0) is 18.4. The minimum absolute atomic E-state index is 0. The summed E-state index contributed by atoms with van der Waals surface area (Å²) >= 11 is 0. The molecule has 1 heterocycles. The van der Waals surface area contributed by atoms with Gasteiger partial charge in [0.15, 0.2) is 0 Å². The summed E-state index contributed by atoms with van der Waals surface area (Å²) in [5.74, 6) is -0.123. The van der Waals surface area contributed by atoms with Gasteiger partial charge in [-0.05, 0) is 49.1 Å². The molecule has 0 saturated heterocycles. The molecule has 4 nitrogen and oxygen atoms in total. The van der Waals surface area contributed by atoms with Crippen LogP contribution in [0.4, 0.5) is 4.39 Å². The van der Waals surface area contributed by atoms with Gasteiger partial charge in [-0.2, -0.15) is 0 Å². The van der Waals surface area contributed by atoms with Gasteiger partial charge in [-0.25, -0.2) is 4.39 Å². The second-order valence-electron chi connectivity index (χ2n) is 7.08. The van der Waals surface area contributed by atoms with Crippen LogP contribution >= 0.6 is 24.8 Å². The van der Waals surface area contributed by atoms with Crippen molar-refractivity contribution in [2.75, 3.05) is 6.54 Å². The Kier molecular flexibility index (Phi) is 10.4. The third-order valence-electron chi connectivity index (χ3n) is 5.03. The van der Waals surface area contributed by atoms with Gasteiger partial charge in [0.05, 0.1) is 0 Å². The number of nitrogens with zero attached hydrogens (tertiary/aromatic N) is 2. The highest BCUT2D eigenvalue weighted by Gasteiger charge is 2.29. The molecule has 1 amide bonds. The van der Waals surface area contributed by atoms with Gasteiger partial charge in [0.1, 0.15) is 5.82 Å². The summed E-state index contributed by atoms with van der Waals surface area (Å²) in [6.07, 6.45) is 6.12. The second-order valence-corrected chi connectivity index (χ2v) is 7.08. The Labute approximate surface area is 178 Å². The van der Waals surface area contributed by atoms with E-state index >= 15 is 0 Å². The van der Waals surface area contributed by atoms with Crippen LogP contribution in [0.5, 0.6) is 0 Å². The van der Waals surface area contributed by atoms with E-state index in [1.165, 1.54) is 12.1 Å². The molecule has 2 N–H and O–H groups in total. The normalized spacial score (nSPS) is 18.5. The minimum atomic E-state index is -0.265. The summed E-state index contributed by atoms with van der Waals surface area (Å²) in [5.41, 5.74) is 7.97. The number of carbonyl (C=O) groups is 1. The number of carbonyl (C=O) groups excluding carboxylic acids is 1. The molecule has 1 aliphatic rings. The molecule has 0 bridgehead atoms. The number of aromatic nitrogens is 1.